The lowest BCUT2D eigenvalue weighted by atomic mass is 9.92. The third-order valence-corrected chi connectivity index (χ3v) is 7.61. The van der Waals surface area contributed by atoms with Gasteiger partial charge in [-0.3, -0.25) is 5.41 Å². The molecule has 164 valence electrons. The van der Waals surface area contributed by atoms with Crippen LogP contribution in [0.1, 0.15) is 38.2 Å². The summed E-state index contributed by atoms with van der Waals surface area (Å²) in [6.07, 6.45) is 2.71. The smallest absolute Gasteiger partial charge is 0.161 e. The van der Waals surface area contributed by atoms with Crippen LogP contribution in [0.15, 0.2) is 35.8 Å². The highest BCUT2D eigenvalue weighted by Crippen LogP contribution is 2.46. The Morgan fingerprint density at radius 1 is 1.40 bits per heavy atom. The molecule has 2 rings (SSSR count). The van der Waals surface area contributed by atoms with E-state index in [0.717, 1.165) is 17.2 Å². The molecule has 1 aromatic carbocycles. The first-order valence-electron chi connectivity index (χ1n) is 9.85. The molecular weight excluding hydrogens is 421 g/mol. The van der Waals surface area contributed by atoms with E-state index in [2.05, 4.69) is 24.6 Å². The van der Waals surface area contributed by atoms with Gasteiger partial charge in [-0.15, -0.1) is 11.8 Å². The lowest BCUT2D eigenvalue weighted by Crippen LogP contribution is -2.08. The number of ether oxygens (including phenoxy) is 2. The number of hydrogen-bond donors (Lipinski definition) is 2. The van der Waals surface area contributed by atoms with Crippen LogP contribution in [0, 0.1) is 10.8 Å². The van der Waals surface area contributed by atoms with Gasteiger partial charge in [0.25, 0.3) is 0 Å². The summed E-state index contributed by atoms with van der Waals surface area (Å²) < 4.78 is 23.3. The molecular formula is C22H30FN3O2S2. The Labute approximate surface area is 186 Å². The van der Waals surface area contributed by atoms with Gasteiger partial charge in [0.15, 0.2) is 11.5 Å². The van der Waals surface area contributed by atoms with E-state index in [1.165, 1.54) is 11.6 Å². The van der Waals surface area contributed by atoms with E-state index in [0.29, 0.717) is 33.6 Å². The number of rotatable bonds is 10. The number of amidine groups is 1. The van der Waals surface area contributed by atoms with E-state index >= 15 is 0 Å². The molecule has 3 unspecified atom stereocenters. The summed E-state index contributed by atoms with van der Waals surface area (Å²) in [5.41, 5.74) is 1.52. The molecule has 3 atom stereocenters. The quantitative estimate of drug-likeness (QED) is 0.351. The number of nitrogens with one attached hydrogen (secondary N) is 2. The van der Waals surface area contributed by atoms with Gasteiger partial charge in [0.1, 0.15) is 19.1 Å². The van der Waals surface area contributed by atoms with E-state index < -0.39 is 6.67 Å². The first-order valence-corrected chi connectivity index (χ1v) is 11.8. The van der Waals surface area contributed by atoms with Crippen molar-refractivity contribution in [3.8, 4) is 11.5 Å². The Morgan fingerprint density at radius 3 is 2.83 bits per heavy atom. The van der Waals surface area contributed by atoms with E-state index in [-0.39, 0.29) is 18.9 Å². The molecule has 1 heterocycles. The number of alkyl halides is 1. The molecule has 30 heavy (non-hydrogen) atoms. The van der Waals surface area contributed by atoms with Crippen molar-refractivity contribution in [2.24, 2.45) is 4.99 Å². The van der Waals surface area contributed by atoms with Crippen molar-refractivity contribution in [1.82, 2.24) is 0 Å². The second-order valence-electron chi connectivity index (χ2n) is 7.05. The van der Waals surface area contributed by atoms with Crippen LogP contribution in [0.2, 0.25) is 0 Å². The molecule has 1 aliphatic rings. The zero-order valence-corrected chi connectivity index (χ0v) is 19.4. The Morgan fingerprint density at radius 2 is 2.17 bits per heavy atom. The van der Waals surface area contributed by atoms with E-state index in [1.54, 1.807) is 18.9 Å². The third-order valence-electron chi connectivity index (χ3n) is 4.82. The molecule has 2 N–H and O–H groups in total. The lowest BCUT2D eigenvalue weighted by molar-refractivity contribution is 0.260. The Hall–Kier alpha value is -1.80. The van der Waals surface area contributed by atoms with Crippen LogP contribution in [0.4, 0.5) is 4.39 Å². The number of methoxy groups -OCH3 is 1. The predicted molar refractivity (Wildman–Crippen MR) is 128 cm³/mol. The maximum atomic E-state index is 12.4. The number of aliphatic imine (C=N–C) groups is 1. The molecule has 0 saturated carbocycles. The second-order valence-corrected chi connectivity index (χ2v) is 9.94. The van der Waals surface area contributed by atoms with Gasteiger partial charge in [0, 0.05) is 28.4 Å². The number of halogens is 1. The molecule has 0 radical (unpaired) electrons. The fourth-order valence-corrected chi connectivity index (χ4v) is 5.99. The minimum atomic E-state index is -0.528. The van der Waals surface area contributed by atoms with Crippen LogP contribution >= 0.6 is 23.5 Å². The largest absolute Gasteiger partial charge is 0.493 e. The highest BCUT2D eigenvalue weighted by Gasteiger charge is 2.33. The molecule has 0 aliphatic carbocycles. The monoisotopic (exact) mass is 451 g/mol. The van der Waals surface area contributed by atoms with Gasteiger partial charge in [0.05, 0.1) is 12.2 Å². The first kappa shape index (κ1) is 24.5. The standard InChI is InChI=1S/C22H30FN3O2S2/c1-5-17(24)11-22(25)26-15(3)29-13-18-12-19(14(2)30-18)16-6-7-20(28-9-8-23)21(10-16)27-4/h5-7,10,14,18-19,24-25H,1,8-9,11-13H2,2-4H3. The fourth-order valence-electron chi connectivity index (χ4n) is 3.35. The van der Waals surface area contributed by atoms with Crippen molar-refractivity contribution in [2.75, 3.05) is 26.1 Å². The van der Waals surface area contributed by atoms with Gasteiger partial charge in [-0.25, -0.2) is 9.38 Å². The highest BCUT2D eigenvalue weighted by molar-refractivity contribution is 8.14. The Kier molecular flexibility index (Phi) is 9.91. The number of allylic oxidation sites excluding steroid dienone is 1. The van der Waals surface area contributed by atoms with E-state index in [4.69, 9.17) is 20.3 Å². The first-order chi connectivity index (χ1) is 14.4. The van der Waals surface area contributed by atoms with Gasteiger partial charge in [0.2, 0.25) is 0 Å². The molecule has 8 heteroatoms. The van der Waals surface area contributed by atoms with Crippen molar-refractivity contribution in [2.45, 2.75) is 43.1 Å². The average molecular weight is 452 g/mol. The molecule has 1 aliphatic heterocycles. The van der Waals surface area contributed by atoms with Crippen LogP contribution in [0.3, 0.4) is 0 Å². The van der Waals surface area contributed by atoms with Gasteiger partial charge in [-0.1, -0.05) is 19.6 Å². The molecule has 5 nitrogen and oxygen atoms in total. The summed E-state index contributed by atoms with van der Waals surface area (Å²) in [6.45, 7) is 7.20. The number of hydrogen-bond acceptors (Lipinski definition) is 6. The SMILES string of the molecule is C=CC(=N)CC(=N)N=C(C)SCC1CC(c2ccc(OCCF)c(OC)c2)C(C)S1. The van der Waals surface area contributed by atoms with Crippen LogP contribution < -0.4 is 9.47 Å². The zero-order chi connectivity index (χ0) is 22.1. The molecule has 0 spiro atoms. The van der Waals surface area contributed by atoms with Crippen molar-refractivity contribution >= 4 is 40.1 Å². The molecule has 0 bridgehead atoms. The minimum absolute atomic E-state index is 0.0256. The second kappa shape index (κ2) is 12.2. The predicted octanol–water partition coefficient (Wildman–Crippen LogP) is 5.75. The summed E-state index contributed by atoms with van der Waals surface area (Å²) in [5, 5.41) is 17.3. The minimum Gasteiger partial charge on any atom is -0.493 e. The average Bonchev–Trinajstić information content (AvgIpc) is 3.10. The maximum Gasteiger partial charge on any atom is 0.161 e. The number of benzene rings is 1. The number of thioether (sulfide) groups is 2. The maximum absolute atomic E-state index is 12.4. The third kappa shape index (κ3) is 7.16. The van der Waals surface area contributed by atoms with Crippen molar-refractivity contribution in [1.29, 1.82) is 10.8 Å². The van der Waals surface area contributed by atoms with Gasteiger partial charge >= 0.3 is 0 Å². The molecule has 0 aromatic heterocycles. The summed E-state index contributed by atoms with van der Waals surface area (Å²) >= 11 is 3.64. The molecule has 1 saturated heterocycles. The zero-order valence-electron chi connectivity index (χ0n) is 17.7. The van der Waals surface area contributed by atoms with Gasteiger partial charge in [-0.05, 0) is 43.0 Å². The van der Waals surface area contributed by atoms with Crippen LogP contribution in [-0.4, -0.2) is 53.2 Å². The fraction of sp³-hybridized carbons (Fsp3) is 0.500. The molecule has 1 fully saturated rings. The van der Waals surface area contributed by atoms with E-state index in [1.807, 2.05) is 30.8 Å². The summed E-state index contributed by atoms with van der Waals surface area (Å²) in [6, 6.07) is 5.93. The molecule has 0 amide bonds. The topological polar surface area (TPSA) is 78.5 Å². The number of nitrogens with zero attached hydrogens (tertiary/aromatic N) is 1. The Balaban J connectivity index is 1.95. The summed E-state index contributed by atoms with van der Waals surface area (Å²) in [5.74, 6) is 2.75. The van der Waals surface area contributed by atoms with Crippen LogP contribution in [0.25, 0.3) is 0 Å². The normalized spacial score (nSPS) is 21.3. The summed E-state index contributed by atoms with van der Waals surface area (Å²) in [7, 11) is 1.60. The highest BCUT2D eigenvalue weighted by atomic mass is 32.2. The van der Waals surface area contributed by atoms with Crippen molar-refractivity contribution in [3.63, 3.8) is 0 Å². The van der Waals surface area contributed by atoms with Crippen LogP contribution in [-0.2, 0) is 0 Å². The van der Waals surface area contributed by atoms with Crippen molar-refractivity contribution in [3.05, 3.63) is 36.4 Å². The van der Waals surface area contributed by atoms with E-state index in [9.17, 15) is 4.39 Å². The van der Waals surface area contributed by atoms with Crippen molar-refractivity contribution < 1.29 is 13.9 Å². The summed E-state index contributed by atoms with van der Waals surface area (Å²) in [4.78, 5) is 4.29. The molecule has 1 aromatic rings. The lowest BCUT2D eigenvalue weighted by Gasteiger charge is -2.17. The van der Waals surface area contributed by atoms with Gasteiger partial charge in [-0.2, -0.15) is 11.8 Å². The van der Waals surface area contributed by atoms with Gasteiger partial charge < -0.3 is 14.9 Å². The van der Waals surface area contributed by atoms with Crippen LogP contribution in [0.5, 0.6) is 11.5 Å². The Bertz CT molecular complexity index is 801.